The third-order valence-electron chi connectivity index (χ3n) is 2.92. The van der Waals surface area contributed by atoms with Crippen LogP contribution in [0.3, 0.4) is 0 Å². The lowest BCUT2D eigenvalue weighted by Crippen LogP contribution is -2.21. The minimum absolute atomic E-state index is 0.827. The Bertz CT molecular complexity index is 524. The highest BCUT2D eigenvalue weighted by Crippen LogP contribution is 2.20. The van der Waals surface area contributed by atoms with E-state index in [1.165, 1.54) is 11.3 Å². The molecule has 0 atom stereocenters. The maximum atomic E-state index is 4.51. The maximum Gasteiger partial charge on any atom is 0.0898 e. The highest BCUT2D eigenvalue weighted by molar-refractivity contribution is 7.09. The van der Waals surface area contributed by atoms with Crippen molar-refractivity contribution in [3.8, 4) is 0 Å². The van der Waals surface area contributed by atoms with E-state index in [1.54, 1.807) is 11.3 Å². The van der Waals surface area contributed by atoms with Gasteiger partial charge in [0.1, 0.15) is 0 Å². The van der Waals surface area contributed by atoms with E-state index in [9.17, 15) is 0 Å². The van der Waals surface area contributed by atoms with Gasteiger partial charge in [-0.15, -0.1) is 11.3 Å². The molecule has 0 fully saturated rings. The summed E-state index contributed by atoms with van der Waals surface area (Å²) in [6.45, 7) is 6.78. The van der Waals surface area contributed by atoms with Crippen LogP contribution in [0.15, 0.2) is 23.8 Å². The summed E-state index contributed by atoms with van der Waals surface area (Å²) in [6, 6.07) is 2.06. The topological polar surface area (TPSA) is 41.1 Å². The van der Waals surface area contributed by atoms with E-state index in [1.807, 2.05) is 19.3 Å². The Hall–Kier alpha value is -1.46. The van der Waals surface area contributed by atoms with Gasteiger partial charge in [-0.25, -0.2) is 4.98 Å². The first-order valence-corrected chi connectivity index (χ1v) is 7.34. The second-order valence-electron chi connectivity index (χ2n) is 4.50. The summed E-state index contributed by atoms with van der Waals surface area (Å²) in [6.07, 6.45) is 3.77. The summed E-state index contributed by atoms with van der Waals surface area (Å²) < 4.78 is 0. The molecule has 2 rings (SSSR count). The van der Waals surface area contributed by atoms with Crippen LogP contribution in [0, 0.1) is 6.92 Å². The van der Waals surface area contributed by atoms with Gasteiger partial charge >= 0.3 is 0 Å². The average Bonchev–Trinajstić information content (AvgIpc) is 2.82. The van der Waals surface area contributed by atoms with E-state index in [-0.39, 0.29) is 0 Å². The first-order valence-electron chi connectivity index (χ1n) is 6.46. The van der Waals surface area contributed by atoms with E-state index in [4.69, 9.17) is 0 Å². The third-order valence-corrected chi connectivity index (χ3v) is 3.74. The average molecular weight is 276 g/mol. The molecule has 0 bridgehead atoms. The molecule has 2 aromatic heterocycles. The first kappa shape index (κ1) is 14.0. The molecule has 0 saturated heterocycles. The minimum atomic E-state index is 0.827. The van der Waals surface area contributed by atoms with Crippen molar-refractivity contribution in [3.63, 3.8) is 0 Å². The highest BCUT2D eigenvalue weighted by atomic mass is 32.1. The molecular weight excluding hydrogens is 256 g/mol. The van der Waals surface area contributed by atoms with Crippen LogP contribution in [-0.2, 0) is 13.1 Å². The summed E-state index contributed by atoms with van der Waals surface area (Å²) >= 11 is 1.70. The molecule has 0 aliphatic carbocycles. The monoisotopic (exact) mass is 276 g/mol. The molecule has 0 aliphatic heterocycles. The number of hydrogen-bond acceptors (Lipinski definition) is 5. The predicted molar refractivity (Wildman–Crippen MR) is 80.6 cm³/mol. The Morgan fingerprint density at radius 1 is 1.42 bits per heavy atom. The molecule has 2 aromatic rings. The van der Waals surface area contributed by atoms with E-state index in [0.29, 0.717) is 0 Å². The number of anilines is 1. The zero-order valence-corrected chi connectivity index (χ0v) is 12.5. The molecule has 0 radical (unpaired) electrons. The molecular formula is C14H20N4S. The smallest absolute Gasteiger partial charge is 0.0898 e. The van der Waals surface area contributed by atoms with Crippen LogP contribution in [0.25, 0.3) is 0 Å². The molecule has 0 aromatic carbocycles. The number of hydrogen-bond donors (Lipinski definition) is 1. The SMILES string of the molecule is CCNCc1cnccc1N(C)Cc1csc(C)n1. The standard InChI is InChI=1S/C14H20N4S/c1-4-15-7-12-8-16-6-5-14(12)18(3)9-13-10-19-11(2)17-13/h5-6,8,10,15H,4,7,9H2,1-3H3. The van der Waals surface area contributed by atoms with Crippen molar-refractivity contribution in [2.75, 3.05) is 18.5 Å². The van der Waals surface area contributed by atoms with Gasteiger partial charge in [-0.1, -0.05) is 6.92 Å². The molecule has 4 nitrogen and oxygen atoms in total. The second-order valence-corrected chi connectivity index (χ2v) is 5.56. The van der Waals surface area contributed by atoms with Gasteiger partial charge in [0.25, 0.3) is 0 Å². The molecule has 0 amide bonds. The Morgan fingerprint density at radius 3 is 2.95 bits per heavy atom. The second kappa shape index (κ2) is 6.63. The fourth-order valence-corrected chi connectivity index (χ4v) is 2.60. The zero-order chi connectivity index (χ0) is 13.7. The van der Waals surface area contributed by atoms with Crippen LogP contribution >= 0.6 is 11.3 Å². The van der Waals surface area contributed by atoms with Gasteiger partial charge in [-0.05, 0) is 19.5 Å². The Kier molecular flexibility index (Phi) is 4.87. The number of aryl methyl sites for hydroxylation is 1. The van der Waals surface area contributed by atoms with E-state index >= 15 is 0 Å². The van der Waals surface area contributed by atoms with Crippen molar-refractivity contribution in [1.29, 1.82) is 0 Å². The first-order chi connectivity index (χ1) is 9.20. The van der Waals surface area contributed by atoms with Gasteiger partial charge in [-0.2, -0.15) is 0 Å². The highest BCUT2D eigenvalue weighted by Gasteiger charge is 2.09. The molecule has 2 heterocycles. The molecule has 0 unspecified atom stereocenters. The van der Waals surface area contributed by atoms with Crippen LogP contribution in [0.2, 0.25) is 0 Å². The Morgan fingerprint density at radius 2 is 2.26 bits per heavy atom. The predicted octanol–water partition coefficient (Wildman–Crippen LogP) is 2.59. The maximum absolute atomic E-state index is 4.51. The lowest BCUT2D eigenvalue weighted by molar-refractivity contribution is 0.720. The molecule has 0 aliphatic rings. The molecule has 0 spiro atoms. The van der Waals surface area contributed by atoms with E-state index in [0.717, 1.165) is 30.3 Å². The number of pyridine rings is 1. The van der Waals surface area contributed by atoms with Gasteiger partial charge in [0.05, 0.1) is 17.2 Å². The van der Waals surface area contributed by atoms with Crippen LogP contribution in [-0.4, -0.2) is 23.6 Å². The van der Waals surface area contributed by atoms with E-state index < -0.39 is 0 Å². The van der Waals surface area contributed by atoms with Crippen molar-refractivity contribution in [3.05, 3.63) is 40.1 Å². The number of thiazole rings is 1. The summed E-state index contributed by atoms with van der Waals surface area (Å²) in [5, 5.41) is 6.59. The molecule has 102 valence electrons. The summed E-state index contributed by atoms with van der Waals surface area (Å²) in [5.74, 6) is 0. The normalized spacial score (nSPS) is 10.7. The van der Waals surface area contributed by atoms with Crippen molar-refractivity contribution in [2.45, 2.75) is 26.9 Å². The molecule has 0 saturated carbocycles. The van der Waals surface area contributed by atoms with Crippen LogP contribution in [0.4, 0.5) is 5.69 Å². The quantitative estimate of drug-likeness (QED) is 0.880. The fraction of sp³-hybridized carbons (Fsp3) is 0.429. The summed E-state index contributed by atoms with van der Waals surface area (Å²) in [5.41, 5.74) is 3.55. The van der Waals surface area contributed by atoms with Crippen LogP contribution in [0.1, 0.15) is 23.2 Å². The van der Waals surface area contributed by atoms with Gasteiger partial charge in [0.15, 0.2) is 0 Å². The summed E-state index contributed by atoms with van der Waals surface area (Å²) in [7, 11) is 2.10. The van der Waals surface area contributed by atoms with Gasteiger partial charge < -0.3 is 10.2 Å². The number of nitrogens with one attached hydrogen (secondary N) is 1. The number of rotatable bonds is 6. The van der Waals surface area contributed by atoms with Gasteiger partial charge in [-0.3, -0.25) is 4.98 Å². The molecule has 1 N–H and O–H groups in total. The van der Waals surface area contributed by atoms with Crippen LogP contribution in [0.5, 0.6) is 0 Å². The lowest BCUT2D eigenvalue weighted by Gasteiger charge is -2.21. The van der Waals surface area contributed by atoms with Gasteiger partial charge in [0.2, 0.25) is 0 Å². The minimum Gasteiger partial charge on any atom is -0.368 e. The molecule has 5 heteroatoms. The molecule has 19 heavy (non-hydrogen) atoms. The number of aromatic nitrogens is 2. The van der Waals surface area contributed by atoms with E-state index in [2.05, 4.69) is 45.6 Å². The van der Waals surface area contributed by atoms with Crippen molar-refractivity contribution in [1.82, 2.24) is 15.3 Å². The largest absolute Gasteiger partial charge is 0.368 e. The van der Waals surface area contributed by atoms with Crippen LogP contribution < -0.4 is 10.2 Å². The van der Waals surface area contributed by atoms with Crippen molar-refractivity contribution < 1.29 is 0 Å². The fourth-order valence-electron chi connectivity index (χ4n) is 2.00. The summed E-state index contributed by atoms with van der Waals surface area (Å²) in [4.78, 5) is 11.0. The Labute approximate surface area is 118 Å². The van der Waals surface area contributed by atoms with Crippen molar-refractivity contribution >= 4 is 17.0 Å². The lowest BCUT2D eigenvalue weighted by atomic mass is 10.2. The Balaban J connectivity index is 2.11. The zero-order valence-electron chi connectivity index (χ0n) is 11.7. The number of nitrogens with zero attached hydrogens (tertiary/aromatic N) is 3. The van der Waals surface area contributed by atoms with Crippen molar-refractivity contribution in [2.24, 2.45) is 0 Å². The third kappa shape index (κ3) is 3.75. The van der Waals surface area contributed by atoms with Gasteiger partial charge in [0, 0.05) is 42.6 Å².